The molecule has 2 aliphatic heterocycles. The lowest BCUT2D eigenvalue weighted by Gasteiger charge is -2.16. The lowest BCUT2D eigenvalue weighted by molar-refractivity contribution is 0.649. The van der Waals surface area contributed by atoms with Crippen LogP contribution in [-0.4, -0.2) is 33.9 Å². The molecular weight excluding hydrogens is 94.5 g/mol. The third-order valence-corrected chi connectivity index (χ3v) is 2.66. The topological polar surface area (TPSA) is 3.24 Å². The zero-order chi connectivity index (χ0) is 5.56. The van der Waals surface area contributed by atoms with Gasteiger partial charge in [-0.05, 0) is 13.0 Å². The Morgan fingerprint density at radius 3 is 2.62 bits per heavy atom. The Labute approximate surface area is 52.8 Å². The van der Waals surface area contributed by atoms with Gasteiger partial charge in [0, 0.05) is 0 Å². The summed E-state index contributed by atoms with van der Waals surface area (Å²) in [4.78, 5) is 0. The summed E-state index contributed by atoms with van der Waals surface area (Å²) < 4.78 is 2.58. The van der Waals surface area contributed by atoms with Crippen LogP contribution in [0.15, 0.2) is 0 Å². The second-order valence-electron chi connectivity index (χ2n) is 3.29. The Hall–Kier alpha value is 0.155. The summed E-state index contributed by atoms with van der Waals surface area (Å²) in [6, 6.07) is 0. The molecule has 0 N–H and O–H groups in total. The van der Waals surface area contributed by atoms with Crippen molar-refractivity contribution in [3.8, 4) is 0 Å². The van der Waals surface area contributed by atoms with Crippen LogP contribution in [0.3, 0.4) is 0 Å². The van der Waals surface area contributed by atoms with E-state index in [-0.39, 0.29) is 0 Å². The Kier molecular flexibility index (Phi) is 0.975. The zero-order valence-corrected chi connectivity index (χ0v) is 5.43. The molecule has 2 bridgehead atoms. The predicted molar refractivity (Wildman–Crippen MR) is 41.7 cm³/mol. The molecule has 0 aromatic heterocycles. The van der Waals surface area contributed by atoms with Gasteiger partial charge in [0.15, 0.2) is 14.8 Å². The Morgan fingerprint density at radius 2 is 2.38 bits per heavy atom. The van der Waals surface area contributed by atoms with Crippen LogP contribution in [0.25, 0.3) is 0 Å². The predicted octanol–water partition coefficient (Wildman–Crippen LogP) is -1.42. The van der Waals surface area contributed by atoms with Crippen LogP contribution in [0.4, 0.5) is 0 Å². The molecule has 1 nitrogen and oxygen atoms in total. The molecule has 4 heteroatoms. The maximum atomic E-state index is 2.58. The lowest BCUT2D eigenvalue weighted by Crippen LogP contribution is -2.24. The average molecular weight is 105 g/mol. The van der Waals surface area contributed by atoms with Crippen molar-refractivity contribution in [2.75, 3.05) is 6.54 Å². The van der Waals surface area contributed by atoms with E-state index in [0.29, 0.717) is 0 Å². The Bertz CT molecular complexity index is 105. The summed E-state index contributed by atoms with van der Waals surface area (Å²) >= 11 is 0. The second kappa shape index (κ2) is 1.57. The highest BCUT2D eigenvalue weighted by molar-refractivity contribution is 6.66. The Morgan fingerprint density at radius 1 is 1.50 bits per heavy atom. The normalized spacial score (nSPS) is 50.8. The third-order valence-electron chi connectivity index (χ3n) is 2.66. The van der Waals surface area contributed by atoms with Crippen molar-refractivity contribution in [3.63, 3.8) is 0 Å². The van der Waals surface area contributed by atoms with Gasteiger partial charge >= 0.3 is 0 Å². The fourth-order valence-electron chi connectivity index (χ4n) is 2.05. The number of hydrogen-bond acceptors (Lipinski definition) is 1. The van der Waals surface area contributed by atoms with E-state index in [2.05, 4.69) is 12.6 Å². The van der Waals surface area contributed by atoms with Gasteiger partial charge in [0.2, 0.25) is 0 Å². The van der Waals surface area contributed by atoms with E-state index in [0.717, 1.165) is 11.5 Å². The molecule has 2 heterocycles. The number of fused-ring (bicyclic) bond motifs is 2. The second-order valence-corrected chi connectivity index (χ2v) is 3.29. The SMILES string of the molecule is BC1BN2BC1CC2. The van der Waals surface area contributed by atoms with E-state index < -0.39 is 0 Å². The molecule has 0 radical (unpaired) electrons. The molecule has 0 saturated carbocycles. The van der Waals surface area contributed by atoms with Crippen LogP contribution < -0.4 is 0 Å². The van der Waals surface area contributed by atoms with E-state index in [9.17, 15) is 0 Å². The summed E-state index contributed by atoms with van der Waals surface area (Å²) in [5.74, 6) is 1.06. The summed E-state index contributed by atoms with van der Waals surface area (Å²) in [5, 5.41) is 0. The van der Waals surface area contributed by atoms with Crippen LogP contribution in [-0.2, 0) is 0 Å². The molecule has 2 fully saturated rings. The molecule has 0 spiro atoms. The van der Waals surface area contributed by atoms with Crippen molar-refractivity contribution in [1.82, 2.24) is 4.72 Å². The molecule has 0 aliphatic carbocycles. The van der Waals surface area contributed by atoms with Gasteiger partial charge in [-0.15, -0.1) is 0 Å². The molecule has 0 aromatic rings. The van der Waals surface area contributed by atoms with Gasteiger partial charge in [-0.3, -0.25) is 0 Å². The number of nitrogens with zero attached hydrogens (tertiary/aromatic N) is 1. The summed E-state index contributed by atoms with van der Waals surface area (Å²) in [6.07, 6.45) is 1.47. The van der Waals surface area contributed by atoms with Crippen molar-refractivity contribution in [3.05, 3.63) is 0 Å². The number of hydrogen-bond donors (Lipinski definition) is 0. The standard InChI is InChI=1S/C4H10B3N/c5-4-3-1-2-8(6-3)7-4/h3-4,6-7H,1-2,5H2. The van der Waals surface area contributed by atoms with E-state index in [1.807, 2.05) is 0 Å². The first-order chi connectivity index (χ1) is 3.86. The lowest BCUT2D eigenvalue weighted by atomic mass is 9.55. The molecule has 2 saturated heterocycles. The monoisotopic (exact) mass is 105 g/mol. The van der Waals surface area contributed by atoms with Crippen molar-refractivity contribution in [2.45, 2.75) is 18.0 Å². The van der Waals surface area contributed by atoms with Gasteiger partial charge < -0.3 is 4.72 Å². The van der Waals surface area contributed by atoms with E-state index in [1.165, 1.54) is 27.8 Å². The summed E-state index contributed by atoms with van der Waals surface area (Å²) in [6.45, 7) is 1.38. The fourth-order valence-corrected chi connectivity index (χ4v) is 2.05. The van der Waals surface area contributed by atoms with Gasteiger partial charge in [-0.25, -0.2) is 0 Å². The smallest absolute Gasteiger partial charge is 0.194 e. The van der Waals surface area contributed by atoms with E-state index in [4.69, 9.17) is 0 Å². The molecule has 3 atom stereocenters. The first kappa shape index (κ1) is 4.98. The van der Waals surface area contributed by atoms with Gasteiger partial charge in [0.05, 0.1) is 7.85 Å². The van der Waals surface area contributed by atoms with Crippen molar-refractivity contribution in [1.29, 1.82) is 0 Å². The first-order valence-corrected chi connectivity index (χ1v) is 3.58. The highest BCUT2D eigenvalue weighted by Crippen LogP contribution is 2.36. The minimum Gasteiger partial charge on any atom is -0.390 e. The van der Waals surface area contributed by atoms with Crippen LogP contribution in [0.2, 0.25) is 11.5 Å². The minimum atomic E-state index is 1.00. The zero-order valence-electron chi connectivity index (χ0n) is 5.43. The molecule has 8 heavy (non-hydrogen) atoms. The van der Waals surface area contributed by atoms with Gasteiger partial charge in [0.25, 0.3) is 0 Å². The highest BCUT2D eigenvalue weighted by atomic mass is 15.0. The Balaban J connectivity index is 2.11. The first-order valence-electron chi connectivity index (χ1n) is 3.58. The largest absolute Gasteiger partial charge is 0.390 e. The van der Waals surface area contributed by atoms with Crippen LogP contribution in [0.1, 0.15) is 6.42 Å². The van der Waals surface area contributed by atoms with Gasteiger partial charge in [-0.2, -0.15) is 0 Å². The fraction of sp³-hybridized carbons (Fsp3) is 1.00. The maximum Gasteiger partial charge on any atom is 0.194 e. The quantitative estimate of drug-likeness (QED) is 0.341. The molecule has 3 unspecified atom stereocenters. The van der Waals surface area contributed by atoms with Gasteiger partial charge in [0.1, 0.15) is 0 Å². The van der Waals surface area contributed by atoms with Crippen molar-refractivity contribution in [2.24, 2.45) is 0 Å². The molecule has 0 amide bonds. The maximum absolute atomic E-state index is 2.58. The van der Waals surface area contributed by atoms with Crippen molar-refractivity contribution >= 4 is 22.7 Å². The summed E-state index contributed by atoms with van der Waals surface area (Å²) in [7, 11) is 5.16. The minimum absolute atomic E-state index is 1.00. The van der Waals surface area contributed by atoms with Crippen molar-refractivity contribution < 1.29 is 0 Å². The van der Waals surface area contributed by atoms with Gasteiger partial charge in [-0.1, -0.05) is 11.5 Å². The van der Waals surface area contributed by atoms with E-state index in [1.54, 1.807) is 0 Å². The van der Waals surface area contributed by atoms with Crippen LogP contribution in [0.5, 0.6) is 0 Å². The summed E-state index contributed by atoms with van der Waals surface area (Å²) in [5.41, 5.74) is 1.00. The van der Waals surface area contributed by atoms with Crippen LogP contribution >= 0.6 is 0 Å². The molecule has 2 rings (SSSR count). The highest BCUT2D eigenvalue weighted by Gasteiger charge is 2.36. The molecular formula is C4H10B3N. The molecule has 2 aliphatic rings. The third kappa shape index (κ3) is 0.556. The number of rotatable bonds is 0. The van der Waals surface area contributed by atoms with Crippen LogP contribution in [0, 0.1) is 0 Å². The molecule has 40 valence electrons. The molecule has 0 aromatic carbocycles. The van der Waals surface area contributed by atoms with E-state index >= 15 is 0 Å². The average Bonchev–Trinajstić information content (AvgIpc) is 2.23.